The fraction of sp³-hybridized carbons (Fsp3) is 0.714. The first-order valence-electron chi connectivity index (χ1n) is 9.66. The molecule has 1 saturated heterocycles. The van der Waals surface area contributed by atoms with Crippen LogP contribution in [0.3, 0.4) is 0 Å². The maximum absolute atomic E-state index is 6.37. The Kier molecular flexibility index (Phi) is 6.18. The van der Waals surface area contributed by atoms with E-state index in [4.69, 9.17) is 9.47 Å². The molecule has 134 valence electrons. The van der Waals surface area contributed by atoms with Crippen molar-refractivity contribution in [1.29, 1.82) is 0 Å². The molecule has 0 radical (unpaired) electrons. The monoisotopic (exact) mass is 331 g/mol. The summed E-state index contributed by atoms with van der Waals surface area (Å²) in [6, 6.07) is 7.14. The Labute approximate surface area is 147 Å². The van der Waals surface area contributed by atoms with Crippen molar-refractivity contribution in [2.45, 2.75) is 64.5 Å². The van der Waals surface area contributed by atoms with Crippen molar-refractivity contribution in [3.8, 4) is 5.75 Å². The Morgan fingerprint density at radius 1 is 1.17 bits per heavy atom. The third-order valence-electron chi connectivity index (χ3n) is 5.79. The molecule has 0 amide bonds. The van der Waals surface area contributed by atoms with E-state index in [9.17, 15) is 0 Å². The largest absolute Gasteiger partial charge is 0.496 e. The smallest absolute Gasteiger partial charge is 0.122 e. The van der Waals surface area contributed by atoms with E-state index >= 15 is 0 Å². The van der Waals surface area contributed by atoms with E-state index in [2.05, 4.69) is 36.9 Å². The van der Waals surface area contributed by atoms with E-state index in [-0.39, 0.29) is 0 Å². The molecule has 0 bridgehead atoms. The highest BCUT2D eigenvalue weighted by Crippen LogP contribution is 2.30. The summed E-state index contributed by atoms with van der Waals surface area (Å²) in [6.45, 7) is 7.81. The lowest BCUT2D eigenvalue weighted by Gasteiger charge is -2.38. The van der Waals surface area contributed by atoms with E-state index in [0.29, 0.717) is 12.1 Å². The molecule has 0 unspecified atom stereocenters. The minimum atomic E-state index is 0.427. The first kappa shape index (κ1) is 17.8. The van der Waals surface area contributed by atoms with Crippen molar-refractivity contribution < 1.29 is 9.47 Å². The molecule has 2 aliphatic rings. The summed E-state index contributed by atoms with van der Waals surface area (Å²) in [7, 11) is 1.74. The predicted octanol–water partition coefficient (Wildman–Crippen LogP) is 4.22. The molecule has 3 nitrogen and oxygen atoms in total. The van der Waals surface area contributed by atoms with E-state index in [0.717, 1.165) is 24.7 Å². The number of rotatable bonds is 6. The lowest BCUT2D eigenvalue weighted by atomic mass is 9.91. The van der Waals surface area contributed by atoms with Crippen LogP contribution in [0, 0.1) is 12.8 Å². The van der Waals surface area contributed by atoms with Crippen LogP contribution in [0.25, 0.3) is 0 Å². The van der Waals surface area contributed by atoms with E-state index in [1.54, 1.807) is 7.11 Å². The van der Waals surface area contributed by atoms with Gasteiger partial charge in [-0.2, -0.15) is 0 Å². The van der Waals surface area contributed by atoms with Gasteiger partial charge in [0.25, 0.3) is 0 Å². The number of methoxy groups -OCH3 is 1. The molecule has 0 aromatic heterocycles. The Morgan fingerprint density at radius 2 is 2.00 bits per heavy atom. The summed E-state index contributed by atoms with van der Waals surface area (Å²) in [4.78, 5) is 2.70. The van der Waals surface area contributed by atoms with Crippen LogP contribution in [0.15, 0.2) is 18.2 Å². The van der Waals surface area contributed by atoms with Gasteiger partial charge in [-0.15, -0.1) is 0 Å². The third kappa shape index (κ3) is 4.31. The van der Waals surface area contributed by atoms with Gasteiger partial charge in [0.15, 0.2) is 0 Å². The zero-order valence-corrected chi connectivity index (χ0v) is 15.6. The first-order valence-corrected chi connectivity index (χ1v) is 9.66. The van der Waals surface area contributed by atoms with Gasteiger partial charge in [-0.1, -0.05) is 31.9 Å². The van der Waals surface area contributed by atoms with E-state index in [1.807, 2.05) is 0 Å². The van der Waals surface area contributed by atoms with Gasteiger partial charge in [0.2, 0.25) is 0 Å². The van der Waals surface area contributed by atoms with Gasteiger partial charge in [0, 0.05) is 12.6 Å². The Bertz CT molecular complexity index is 531. The number of aryl methyl sites for hydroxylation is 1. The minimum absolute atomic E-state index is 0.427. The fourth-order valence-electron chi connectivity index (χ4n) is 4.31. The van der Waals surface area contributed by atoms with Crippen molar-refractivity contribution in [2.75, 3.05) is 26.8 Å². The summed E-state index contributed by atoms with van der Waals surface area (Å²) in [6.07, 6.45) is 7.98. The van der Waals surface area contributed by atoms with Gasteiger partial charge in [-0.3, -0.25) is 4.90 Å². The molecule has 3 atom stereocenters. The molecule has 1 aliphatic heterocycles. The molecule has 3 rings (SSSR count). The van der Waals surface area contributed by atoms with E-state index in [1.165, 1.54) is 56.3 Å². The van der Waals surface area contributed by atoms with Crippen molar-refractivity contribution in [1.82, 2.24) is 4.90 Å². The van der Waals surface area contributed by atoms with Crippen LogP contribution in [-0.2, 0) is 11.2 Å². The first-order chi connectivity index (χ1) is 11.7. The maximum Gasteiger partial charge on any atom is 0.122 e. The van der Waals surface area contributed by atoms with Crippen LogP contribution in [-0.4, -0.2) is 43.9 Å². The molecule has 2 fully saturated rings. The molecule has 1 saturated carbocycles. The number of likely N-dealkylation sites (tertiary alicyclic amines) is 1. The molecule has 24 heavy (non-hydrogen) atoms. The van der Waals surface area contributed by atoms with Crippen molar-refractivity contribution in [3.63, 3.8) is 0 Å². The maximum atomic E-state index is 6.37. The van der Waals surface area contributed by atoms with Crippen LogP contribution >= 0.6 is 0 Å². The van der Waals surface area contributed by atoms with Crippen molar-refractivity contribution in [3.05, 3.63) is 29.3 Å². The molecule has 1 aliphatic carbocycles. The summed E-state index contributed by atoms with van der Waals surface area (Å²) < 4.78 is 11.8. The van der Waals surface area contributed by atoms with Gasteiger partial charge in [-0.25, -0.2) is 0 Å². The topological polar surface area (TPSA) is 21.7 Å². The minimum Gasteiger partial charge on any atom is -0.496 e. The van der Waals surface area contributed by atoms with Gasteiger partial charge in [0.1, 0.15) is 5.75 Å². The standard InChI is InChI=1S/C21H33NO2/c1-16-10-12-22(15-16)19-6-4-5-7-20(19)24-13-11-18-9-8-17(2)21(14-18)23-3/h8-9,14,16,19-20H,4-7,10-13,15H2,1-3H3/t16-,19-,20-/m1/s1. The van der Waals surface area contributed by atoms with Crippen LogP contribution in [0.5, 0.6) is 5.75 Å². The third-order valence-corrected chi connectivity index (χ3v) is 5.79. The van der Waals surface area contributed by atoms with Crippen LogP contribution in [0.4, 0.5) is 0 Å². The second-order valence-corrected chi connectivity index (χ2v) is 7.70. The average molecular weight is 332 g/mol. The zero-order valence-electron chi connectivity index (χ0n) is 15.6. The Hall–Kier alpha value is -1.06. The highest BCUT2D eigenvalue weighted by atomic mass is 16.5. The highest BCUT2D eigenvalue weighted by Gasteiger charge is 2.33. The Balaban J connectivity index is 1.52. The van der Waals surface area contributed by atoms with Gasteiger partial charge < -0.3 is 9.47 Å². The van der Waals surface area contributed by atoms with Crippen molar-refractivity contribution >= 4 is 0 Å². The molecule has 3 heteroatoms. The quantitative estimate of drug-likeness (QED) is 0.779. The van der Waals surface area contributed by atoms with E-state index < -0.39 is 0 Å². The lowest BCUT2D eigenvalue weighted by Crippen LogP contribution is -2.45. The fourth-order valence-corrected chi connectivity index (χ4v) is 4.31. The molecule has 0 spiro atoms. The van der Waals surface area contributed by atoms with Gasteiger partial charge in [0.05, 0.1) is 19.8 Å². The second-order valence-electron chi connectivity index (χ2n) is 7.70. The number of hydrogen-bond donors (Lipinski definition) is 0. The van der Waals surface area contributed by atoms with Crippen LogP contribution in [0.2, 0.25) is 0 Å². The highest BCUT2D eigenvalue weighted by molar-refractivity contribution is 5.36. The summed E-state index contributed by atoms with van der Waals surface area (Å²) in [5.41, 5.74) is 2.50. The summed E-state index contributed by atoms with van der Waals surface area (Å²) in [5.74, 6) is 1.83. The molecular formula is C21H33NO2. The molecular weight excluding hydrogens is 298 g/mol. The number of ether oxygens (including phenoxy) is 2. The number of nitrogens with zero attached hydrogens (tertiary/aromatic N) is 1. The number of hydrogen-bond acceptors (Lipinski definition) is 3. The zero-order chi connectivity index (χ0) is 16.9. The molecule has 1 aromatic carbocycles. The second kappa shape index (κ2) is 8.35. The van der Waals surface area contributed by atoms with Gasteiger partial charge >= 0.3 is 0 Å². The SMILES string of the molecule is COc1cc(CCO[C@@H]2CCCC[C@H]2N2CC[C@@H](C)C2)ccc1C. The number of benzene rings is 1. The van der Waals surface area contributed by atoms with Gasteiger partial charge in [-0.05, 0) is 62.3 Å². The normalized spacial score (nSPS) is 28.2. The summed E-state index contributed by atoms with van der Waals surface area (Å²) in [5, 5.41) is 0. The average Bonchev–Trinajstić information content (AvgIpc) is 3.03. The molecule has 1 aromatic rings. The lowest BCUT2D eigenvalue weighted by molar-refractivity contribution is -0.0298. The Morgan fingerprint density at radius 3 is 2.75 bits per heavy atom. The molecule has 0 N–H and O–H groups in total. The predicted molar refractivity (Wildman–Crippen MR) is 98.8 cm³/mol. The van der Waals surface area contributed by atoms with Crippen molar-refractivity contribution in [2.24, 2.45) is 5.92 Å². The van der Waals surface area contributed by atoms with Crippen LogP contribution < -0.4 is 4.74 Å². The summed E-state index contributed by atoms with van der Waals surface area (Å²) >= 11 is 0. The molecule has 1 heterocycles. The van der Waals surface area contributed by atoms with Crippen LogP contribution in [0.1, 0.15) is 50.2 Å².